The van der Waals surface area contributed by atoms with Gasteiger partial charge in [0.1, 0.15) is 6.33 Å². The maximum atomic E-state index is 3.98. The second-order valence-corrected chi connectivity index (χ2v) is 2.03. The van der Waals surface area contributed by atoms with Crippen molar-refractivity contribution in [2.45, 2.75) is 6.92 Å². The smallest absolute Gasteiger partial charge is 0.135 e. The molecule has 5 nitrogen and oxygen atoms in total. The molecule has 2 aromatic heterocycles. The average Bonchev–Trinajstić information content (AvgIpc) is 2.62. The number of aromatic amines is 1. The normalized spacial score (nSPS) is 7.77. The molecule has 1 N–H and O–H groups in total. The van der Waals surface area contributed by atoms with Gasteiger partial charge >= 0.3 is 0 Å². The Kier molecular flexibility index (Phi) is 6.68. The van der Waals surface area contributed by atoms with Crippen LogP contribution in [0.1, 0.15) is 5.69 Å². The van der Waals surface area contributed by atoms with Crippen LogP contribution in [0, 0.1) is 6.92 Å². The van der Waals surface area contributed by atoms with Gasteiger partial charge in [-0.3, -0.25) is 4.98 Å². The Morgan fingerprint density at radius 3 is 2.38 bits per heavy atom. The molecule has 0 saturated carbocycles. The molecule has 2 heterocycles. The molecule has 73 valence electrons. The van der Waals surface area contributed by atoms with Gasteiger partial charge < -0.3 is 0 Å². The largest absolute Gasteiger partial charge is 0.262 e. The van der Waals surface area contributed by atoms with Crippen molar-refractivity contribution >= 4 is 0 Å². The van der Waals surface area contributed by atoms with Crippen molar-refractivity contribution in [2.24, 2.45) is 0 Å². The fourth-order valence-electron chi connectivity index (χ4n) is 0.577. The Balaban J connectivity index is 0.000000215. The SMILES string of the molecule is Cc1ccccn1.[Cu].c1nnn[nH]1. The number of hydrogen-bond donors (Lipinski definition) is 1. The number of nitrogens with zero attached hydrogens (tertiary/aromatic N) is 4. The monoisotopic (exact) mass is 226 g/mol. The Hall–Kier alpha value is -1.26. The zero-order valence-corrected chi connectivity index (χ0v) is 7.92. The maximum Gasteiger partial charge on any atom is 0.135 e. The fraction of sp³-hybridized carbons (Fsp3) is 0.143. The van der Waals surface area contributed by atoms with Crippen LogP contribution in [0.4, 0.5) is 0 Å². The molecule has 0 fully saturated rings. The molecule has 0 aliphatic rings. The van der Waals surface area contributed by atoms with Gasteiger partial charge in [0.2, 0.25) is 0 Å². The molecular formula is C7H9CuN5. The average molecular weight is 227 g/mol. The van der Waals surface area contributed by atoms with Gasteiger partial charge in [0.05, 0.1) is 0 Å². The molecule has 0 atom stereocenters. The van der Waals surface area contributed by atoms with Crippen molar-refractivity contribution in [2.75, 3.05) is 0 Å². The number of hydrogen-bond acceptors (Lipinski definition) is 4. The molecule has 0 aliphatic carbocycles. The molecule has 2 rings (SSSR count). The summed E-state index contributed by atoms with van der Waals surface area (Å²) >= 11 is 0. The number of aryl methyl sites for hydroxylation is 1. The summed E-state index contributed by atoms with van der Waals surface area (Å²) in [7, 11) is 0. The molecular weight excluding hydrogens is 218 g/mol. The number of aromatic nitrogens is 5. The predicted octanol–water partition coefficient (Wildman–Crippen LogP) is 0.587. The Labute approximate surface area is 86.4 Å². The van der Waals surface area contributed by atoms with E-state index in [0.717, 1.165) is 5.69 Å². The molecule has 0 unspecified atom stereocenters. The summed E-state index contributed by atoms with van der Waals surface area (Å²) in [6, 6.07) is 5.86. The number of tetrazole rings is 1. The van der Waals surface area contributed by atoms with Crippen molar-refractivity contribution in [3.63, 3.8) is 0 Å². The Morgan fingerprint density at radius 2 is 2.15 bits per heavy atom. The van der Waals surface area contributed by atoms with Gasteiger partial charge in [-0.2, -0.15) is 0 Å². The van der Waals surface area contributed by atoms with Crippen LogP contribution in [0.5, 0.6) is 0 Å². The number of rotatable bonds is 0. The van der Waals surface area contributed by atoms with Crippen molar-refractivity contribution < 1.29 is 17.1 Å². The van der Waals surface area contributed by atoms with Crippen molar-refractivity contribution in [3.05, 3.63) is 36.4 Å². The molecule has 0 aromatic carbocycles. The first kappa shape index (κ1) is 11.7. The first-order valence-electron chi connectivity index (χ1n) is 3.44. The number of pyridine rings is 1. The zero-order valence-electron chi connectivity index (χ0n) is 6.98. The summed E-state index contributed by atoms with van der Waals surface area (Å²) in [5.74, 6) is 0. The molecule has 13 heavy (non-hydrogen) atoms. The van der Waals surface area contributed by atoms with Gasteiger partial charge in [-0.25, -0.2) is 5.10 Å². The third kappa shape index (κ3) is 5.95. The summed E-state index contributed by atoms with van der Waals surface area (Å²) in [6.07, 6.45) is 3.19. The third-order valence-electron chi connectivity index (χ3n) is 1.08. The molecule has 0 saturated heterocycles. The van der Waals surface area contributed by atoms with Crippen LogP contribution in [0.2, 0.25) is 0 Å². The third-order valence-corrected chi connectivity index (χ3v) is 1.08. The van der Waals surface area contributed by atoms with E-state index in [-0.39, 0.29) is 17.1 Å². The second kappa shape index (κ2) is 7.39. The molecule has 0 bridgehead atoms. The number of nitrogens with one attached hydrogen (secondary N) is 1. The summed E-state index contributed by atoms with van der Waals surface area (Å²) in [5.41, 5.74) is 1.07. The van der Waals surface area contributed by atoms with E-state index < -0.39 is 0 Å². The minimum Gasteiger partial charge on any atom is -0.262 e. The van der Waals surface area contributed by atoms with Gasteiger partial charge in [0, 0.05) is 29.0 Å². The standard InChI is InChI=1S/C6H7N.CH2N4.Cu/c1-6-4-2-3-5-7-6;1-2-4-5-3-1;/h2-5H,1H3;1H,(H,2,3,4,5);. The van der Waals surface area contributed by atoms with Crippen molar-refractivity contribution in [1.82, 2.24) is 25.6 Å². The van der Waals surface area contributed by atoms with Gasteiger partial charge in [-0.1, -0.05) is 6.07 Å². The van der Waals surface area contributed by atoms with Crippen LogP contribution in [-0.2, 0) is 17.1 Å². The first-order chi connectivity index (χ1) is 5.89. The van der Waals surface area contributed by atoms with E-state index in [0.29, 0.717) is 0 Å². The van der Waals surface area contributed by atoms with Crippen LogP contribution in [0.3, 0.4) is 0 Å². The molecule has 6 heteroatoms. The van der Waals surface area contributed by atoms with Crippen LogP contribution >= 0.6 is 0 Å². The molecule has 0 aliphatic heterocycles. The second-order valence-electron chi connectivity index (χ2n) is 2.03. The predicted molar refractivity (Wildman–Crippen MR) is 43.2 cm³/mol. The van der Waals surface area contributed by atoms with E-state index in [1.54, 1.807) is 6.20 Å². The fourth-order valence-corrected chi connectivity index (χ4v) is 0.577. The minimum atomic E-state index is 0. The van der Waals surface area contributed by atoms with Crippen molar-refractivity contribution in [1.29, 1.82) is 0 Å². The summed E-state index contributed by atoms with van der Waals surface area (Å²) in [5, 5.41) is 12.1. The van der Waals surface area contributed by atoms with Crippen LogP contribution in [-0.4, -0.2) is 25.6 Å². The molecule has 1 radical (unpaired) electrons. The Morgan fingerprint density at radius 1 is 1.31 bits per heavy atom. The maximum absolute atomic E-state index is 3.98. The first-order valence-corrected chi connectivity index (χ1v) is 3.44. The number of H-pyrrole nitrogens is 1. The summed E-state index contributed by atoms with van der Waals surface area (Å²) in [4.78, 5) is 3.98. The topological polar surface area (TPSA) is 67.3 Å². The molecule has 2 aromatic rings. The minimum absolute atomic E-state index is 0. The van der Waals surface area contributed by atoms with Crippen LogP contribution in [0.15, 0.2) is 30.7 Å². The van der Waals surface area contributed by atoms with Crippen molar-refractivity contribution in [3.8, 4) is 0 Å². The zero-order chi connectivity index (χ0) is 8.65. The van der Waals surface area contributed by atoms with E-state index >= 15 is 0 Å². The van der Waals surface area contributed by atoms with E-state index in [2.05, 4.69) is 25.6 Å². The van der Waals surface area contributed by atoms with E-state index in [1.807, 2.05) is 25.1 Å². The van der Waals surface area contributed by atoms with E-state index in [4.69, 9.17) is 0 Å². The quantitative estimate of drug-likeness (QED) is 0.668. The van der Waals surface area contributed by atoms with E-state index in [1.165, 1.54) is 6.33 Å². The van der Waals surface area contributed by atoms with Crippen LogP contribution < -0.4 is 0 Å². The van der Waals surface area contributed by atoms with Gasteiger partial charge in [-0.05, 0) is 29.5 Å². The molecule has 0 spiro atoms. The van der Waals surface area contributed by atoms with Gasteiger partial charge in [-0.15, -0.1) is 5.10 Å². The summed E-state index contributed by atoms with van der Waals surface area (Å²) < 4.78 is 0. The summed E-state index contributed by atoms with van der Waals surface area (Å²) in [6.45, 7) is 1.97. The van der Waals surface area contributed by atoms with Gasteiger partial charge in [0.25, 0.3) is 0 Å². The Bertz CT molecular complexity index is 266. The molecule has 0 amide bonds. The van der Waals surface area contributed by atoms with Crippen LogP contribution in [0.25, 0.3) is 0 Å². The van der Waals surface area contributed by atoms with Gasteiger partial charge in [0.15, 0.2) is 0 Å². The van der Waals surface area contributed by atoms with E-state index in [9.17, 15) is 0 Å².